The van der Waals surface area contributed by atoms with Crippen molar-refractivity contribution in [2.45, 2.75) is 51.7 Å². The molecule has 1 saturated carbocycles. The van der Waals surface area contributed by atoms with Crippen molar-refractivity contribution in [1.29, 1.82) is 0 Å². The Morgan fingerprint density at radius 3 is 2.76 bits per heavy atom. The Bertz CT molecular complexity index is 814. The zero-order valence-electron chi connectivity index (χ0n) is 15.2. The van der Waals surface area contributed by atoms with Crippen LogP contribution in [0.5, 0.6) is 0 Å². The Hall–Kier alpha value is -2.24. The number of carbonyl (C=O) groups is 1. The lowest BCUT2D eigenvalue weighted by Gasteiger charge is -2.46. The minimum Gasteiger partial charge on any atom is -0.444 e. The van der Waals surface area contributed by atoms with Crippen LogP contribution in [-0.4, -0.2) is 39.2 Å². The summed E-state index contributed by atoms with van der Waals surface area (Å²) in [4.78, 5) is 18.6. The third kappa shape index (κ3) is 2.83. The van der Waals surface area contributed by atoms with Gasteiger partial charge in [0.05, 0.1) is 11.0 Å². The maximum atomic E-state index is 12.3. The second-order valence-electron chi connectivity index (χ2n) is 8.54. The molecule has 1 aromatic heterocycles. The number of likely N-dealkylation sites (tertiary alicyclic amines) is 1. The number of hydrogen-bond donors (Lipinski definition) is 1. The van der Waals surface area contributed by atoms with E-state index in [0.717, 1.165) is 43.4 Å². The fourth-order valence-corrected chi connectivity index (χ4v) is 4.32. The standard InChI is InChI=1S/C19H26N4O2/c1-18(2,3)25-17(24)22-9-8-19(12-22)10-13(11-19)23-15-7-5-4-6-14(15)21-16(23)20/h4-7,13H,8-12H2,1-3H3,(H2,20,21). The monoisotopic (exact) mass is 342 g/mol. The van der Waals surface area contributed by atoms with E-state index in [4.69, 9.17) is 10.5 Å². The van der Waals surface area contributed by atoms with Gasteiger partial charge in [0.15, 0.2) is 0 Å². The molecule has 2 N–H and O–H groups in total. The highest BCUT2D eigenvalue weighted by molar-refractivity contribution is 5.78. The first-order valence-electron chi connectivity index (χ1n) is 8.97. The van der Waals surface area contributed by atoms with Gasteiger partial charge in [-0.3, -0.25) is 0 Å². The van der Waals surface area contributed by atoms with Gasteiger partial charge in [0, 0.05) is 19.1 Å². The number of hydrogen-bond acceptors (Lipinski definition) is 4. The lowest BCUT2D eigenvalue weighted by atomic mass is 9.65. The topological polar surface area (TPSA) is 73.4 Å². The lowest BCUT2D eigenvalue weighted by Crippen LogP contribution is -2.43. The first kappa shape index (κ1) is 16.2. The van der Waals surface area contributed by atoms with E-state index < -0.39 is 5.60 Å². The van der Waals surface area contributed by atoms with Crippen LogP contribution in [0.3, 0.4) is 0 Å². The molecule has 1 aromatic carbocycles. The number of anilines is 1. The largest absolute Gasteiger partial charge is 0.444 e. The molecule has 1 amide bonds. The molecule has 0 radical (unpaired) electrons. The second-order valence-corrected chi connectivity index (χ2v) is 8.54. The fourth-order valence-electron chi connectivity index (χ4n) is 4.32. The van der Waals surface area contributed by atoms with Crippen LogP contribution in [0.1, 0.15) is 46.1 Å². The van der Waals surface area contributed by atoms with Crippen LogP contribution in [0.15, 0.2) is 24.3 Å². The van der Waals surface area contributed by atoms with E-state index in [0.29, 0.717) is 12.0 Å². The molecule has 2 fully saturated rings. The van der Waals surface area contributed by atoms with Crippen molar-refractivity contribution in [1.82, 2.24) is 14.5 Å². The van der Waals surface area contributed by atoms with Crippen LogP contribution in [-0.2, 0) is 4.74 Å². The summed E-state index contributed by atoms with van der Waals surface area (Å²) in [7, 11) is 0. The smallest absolute Gasteiger partial charge is 0.410 e. The molecule has 4 rings (SSSR count). The highest BCUT2D eigenvalue weighted by atomic mass is 16.6. The number of ether oxygens (including phenoxy) is 1. The Morgan fingerprint density at radius 2 is 2.04 bits per heavy atom. The summed E-state index contributed by atoms with van der Waals surface area (Å²) in [6.07, 6.45) is 2.92. The molecule has 0 bridgehead atoms. The van der Waals surface area contributed by atoms with Crippen molar-refractivity contribution < 1.29 is 9.53 Å². The molecule has 2 heterocycles. The summed E-state index contributed by atoms with van der Waals surface area (Å²) in [5.74, 6) is 0.586. The number of benzene rings is 1. The number of fused-ring (bicyclic) bond motifs is 1. The normalized spacial score (nSPS) is 26.2. The van der Waals surface area contributed by atoms with Gasteiger partial charge < -0.3 is 19.9 Å². The molecule has 2 aliphatic rings. The first-order valence-corrected chi connectivity index (χ1v) is 8.97. The molecule has 0 atom stereocenters. The molecule has 134 valence electrons. The van der Waals surface area contributed by atoms with Crippen molar-refractivity contribution >= 4 is 23.1 Å². The Kier molecular flexibility index (Phi) is 3.49. The highest BCUT2D eigenvalue weighted by Gasteiger charge is 2.51. The van der Waals surface area contributed by atoms with Crippen molar-refractivity contribution in [2.24, 2.45) is 5.41 Å². The summed E-state index contributed by atoms with van der Waals surface area (Å²) < 4.78 is 7.67. The van der Waals surface area contributed by atoms with Gasteiger partial charge >= 0.3 is 6.09 Å². The van der Waals surface area contributed by atoms with E-state index in [1.54, 1.807) is 0 Å². The van der Waals surface area contributed by atoms with Gasteiger partial charge in [0.25, 0.3) is 0 Å². The van der Waals surface area contributed by atoms with Gasteiger partial charge in [-0.2, -0.15) is 0 Å². The van der Waals surface area contributed by atoms with Crippen LogP contribution < -0.4 is 5.73 Å². The number of nitrogens with zero attached hydrogens (tertiary/aromatic N) is 3. The van der Waals surface area contributed by atoms with Gasteiger partial charge in [-0.05, 0) is 57.6 Å². The molecule has 1 aliphatic heterocycles. The number of aromatic nitrogens is 2. The Labute approximate surface area is 147 Å². The van der Waals surface area contributed by atoms with E-state index in [2.05, 4.69) is 15.6 Å². The van der Waals surface area contributed by atoms with E-state index >= 15 is 0 Å². The number of para-hydroxylation sites is 2. The SMILES string of the molecule is CC(C)(C)OC(=O)N1CCC2(CC(n3c(N)nc4ccccc43)C2)C1. The lowest BCUT2D eigenvalue weighted by molar-refractivity contribution is 0.0200. The highest BCUT2D eigenvalue weighted by Crippen LogP contribution is 2.55. The molecule has 2 aromatic rings. The quantitative estimate of drug-likeness (QED) is 0.859. The molecular weight excluding hydrogens is 316 g/mol. The summed E-state index contributed by atoms with van der Waals surface area (Å²) in [6.45, 7) is 7.28. The fraction of sp³-hybridized carbons (Fsp3) is 0.579. The number of carbonyl (C=O) groups excluding carboxylic acids is 1. The molecule has 1 spiro atoms. The van der Waals surface area contributed by atoms with Gasteiger partial charge in [-0.1, -0.05) is 12.1 Å². The molecule has 1 saturated heterocycles. The first-order chi connectivity index (χ1) is 11.8. The Morgan fingerprint density at radius 1 is 1.32 bits per heavy atom. The maximum Gasteiger partial charge on any atom is 0.410 e. The Balaban J connectivity index is 1.45. The summed E-state index contributed by atoms with van der Waals surface area (Å²) >= 11 is 0. The van der Waals surface area contributed by atoms with Gasteiger partial charge in [-0.25, -0.2) is 9.78 Å². The number of imidazole rings is 1. The predicted molar refractivity (Wildman–Crippen MR) is 97.3 cm³/mol. The van der Waals surface area contributed by atoms with Crippen molar-refractivity contribution in [3.05, 3.63) is 24.3 Å². The average molecular weight is 342 g/mol. The number of amides is 1. The molecule has 25 heavy (non-hydrogen) atoms. The second kappa shape index (κ2) is 5.38. The van der Waals surface area contributed by atoms with Crippen molar-refractivity contribution in [2.75, 3.05) is 18.8 Å². The third-order valence-electron chi connectivity index (χ3n) is 5.42. The molecule has 0 unspecified atom stereocenters. The third-order valence-corrected chi connectivity index (χ3v) is 5.42. The van der Waals surface area contributed by atoms with Gasteiger partial charge in [-0.15, -0.1) is 0 Å². The molecule has 6 nitrogen and oxygen atoms in total. The molecule has 6 heteroatoms. The maximum absolute atomic E-state index is 12.3. The number of rotatable bonds is 1. The van der Waals surface area contributed by atoms with Crippen molar-refractivity contribution in [3.8, 4) is 0 Å². The summed E-state index contributed by atoms with van der Waals surface area (Å²) in [5.41, 5.74) is 7.97. The molecular formula is C19H26N4O2. The van der Waals surface area contributed by atoms with Crippen LogP contribution in [0.25, 0.3) is 11.0 Å². The van der Waals surface area contributed by atoms with Crippen LogP contribution in [0.2, 0.25) is 0 Å². The van der Waals surface area contributed by atoms with Gasteiger partial charge in [0.1, 0.15) is 5.60 Å². The minimum absolute atomic E-state index is 0.194. The number of nitrogen functional groups attached to an aromatic ring is 1. The van der Waals surface area contributed by atoms with E-state index in [9.17, 15) is 4.79 Å². The molecule has 1 aliphatic carbocycles. The number of nitrogens with two attached hydrogens (primary N) is 1. The summed E-state index contributed by atoms with van der Waals surface area (Å²) in [5, 5.41) is 0. The van der Waals surface area contributed by atoms with Gasteiger partial charge in [0.2, 0.25) is 5.95 Å². The van der Waals surface area contributed by atoms with E-state index in [1.165, 1.54) is 0 Å². The van der Waals surface area contributed by atoms with E-state index in [-0.39, 0.29) is 11.5 Å². The predicted octanol–water partition coefficient (Wildman–Crippen LogP) is 3.58. The minimum atomic E-state index is -0.445. The average Bonchev–Trinajstić information content (AvgIpc) is 3.04. The van der Waals surface area contributed by atoms with Crippen molar-refractivity contribution in [3.63, 3.8) is 0 Å². The zero-order valence-corrected chi connectivity index (χ0v) is 15.2. The summed E-state index contributed by atoms with van der Waals surface area (Å²) in [6, 6.07) is 8.44. The zero-order chi connectivity index (χ0) is 17.8. The van der Waals surface area contributed by atoms with E-state index in [1.807, 2.05) is 43.9 Å². The van der Waals surface area contributed by atoms with Crippen LogP contribution >= 0.6 is 0 Å². The van der Waals surface area contributed by atoms with Crippen LogP contribution in [0.4, 0.5) is 10.7 Å². The van der Waals surface area contributed by atoms with Crippen LogP contribution in [0, 0.1) is 5.41 Å².